The van der Waals surface area contributed by atoms with E-state index in [1.54, 1.807) is 22.5 Å². The smallest absolute Gasteiger partial charge is 0.312 e. The van der Waals surface area contributed by atoms with E-state index in [2.05, 4.69) is 49.8 Å². The third kappa shape index (κ3) is 4.44. The van der Waals surface area contributed by atoms with Crippen molar-refractivity contribution < 1.29 is 13.9 Å². The maximum Gasteiger partial charge on any atom is 0.312 e. The van der Waals surface area contributed by atoms with Gasteiger partial charge >= 0.3 is 5.97 Å². The van der Waals surface area contributed by atoms with Crippen LogP contribution < -0.4 is 0 Å². The van der Waals surface area contributed by atoms with Gasteiger partial charge in [-0.2, -0.15) is 0 Å². The minimum atomic E-state index is -0.504. The van der Waals surface area contributed by atoms with E-state index in [1.165, 1.54) is 12.1 Å². The summed E-state index contributed by atoms with van der Waals surface area (Å²) in [7, 11) is 0. The Morgan fingerprint density at radius 3 is 2.89 bits per heavy atom. The average molecular weight is 492 g/mol. The fraction of sp³-hybridized carbons (Fsp3) is 0.567. The summed E-state index contributed by atoms with van der Waals surface area (Å²) in [6.07, 6.45) is 13.8. The van der Waals surface area contributed by atoms with Crippen LogP contribution in [-0.2, 0) is 22.7 Å². The number of hydrogen-bond acceptors (Lipinski definition) is 4. The van der Waals surface area contributed by atoms with Gasteiger partial charge in [-0.25, -0.2) is 9.07 Å². The first kappa shape index (κ1) is 24.9. The Kier molecular flexibility index (Phi) is 6.42. The first-order chi connectivity index (χ1) is 17.1. The van der Waals surface area contributed by atoms with E-state index in [0.717, 1.165) is 50.5 Å². The molecule has 6 heteroatoms. The molecule has 0 bridgehead atoms. The van der Waals surface area contributed by atoms with E-state index < -0.39 is 5.41 Å². The topological polar surface area (TPSA) is 57.0 Å². The number of carbonyl (C=O) groups excluding carboxylic acids is 1. The van der Waals surface area contributed by atoms with Gasteiger partial charge in [0.25, 0.3) is 0 Å². The Labute approximate surface area is 213 Å². The number of carbonyl (C=O) groups is 1. The molecule has 0 unspecified atom stereocenters. The molecule has 2 aromatic rings. The van der Waals surface area contributed by atoms with Gasteiger partial charge in [-0.1, -0.05) is 55.3 Å². The highest BCUT2D eigenvalue weighted by atomic mass is 19.1. The number of fused-ring (bicyclic) bond motifs is 3. The van der Waals surface area contributed by atoms with Gasteiger partial charge in [-0.15, -0.1) is 11.7 Å². The first-order valence-corrected chi connectivity index (χ1v) is 13.3. The van der Waals surface area contributed by atoms with E-state index in [4.69, 9.17) is 4.74 Å². The Balaban J connectivity index is 1.27. The van der Waals surface area contributed by atoms with Crippen molar-refractivity contribution in [3.8, 4) is 0 Å². The van der Waals surface area contributed by atoms with Crippen molar-refractivity contribution in [3.05, 3.63) is 71.8 Å². The summed E-state index contributed by atoms with van der Waals surface area (Å²) in [6.45, 7) is 11.4. The molecule has 5 rings (SSSR count). The maximum atomic E-state index is 13.6. The summed E-state index contributed by atoms with van der Waals surface area (Å²) >= 11 is 0. The van der Waals surface area contributed by atoms with Crippen LogP contribution in [0.15, 0.2) is 54.8 Å². The highest BCUT2D eigenvalue weighted by Gasteiger charge is 2.58. The molecule has 0 N–H and O–H groups in total. The van der Waals surface area contributed by atoms with Gasteiger partial charge in [0.15, 0.2) is 0 Å². The SMILES string of the molecule is C=C[C@@]1(C)CC=C2[C@@H](CC[C@@H]3[C@](C)(C(=O)OCc4cn(Cc5cccc(F)c5)nn4)CCC[C@@]23C)C1. The van der Waals surface area contributed by atoms with Crippen molar-refractivity contribution in [3.63, 3.8) is 0 Å². The quantitative estimate of drug-likeness (QED) is 0.336. The molecule has 1 heterocycles. The number of esters is 1. The normalized spacial score (nSPS) is 33.7. The lowest BCUT2D eigenvalue weighted by Crippen LogP contribution is -2.53. The number of hydrogen-bond donors (Lipinski definition) is 0. The van der Waals surface area contributed by atoms with Crippen molar-refractivity contribution in [2.24, 2.45) is 28.1 Å². The molecule has 5 nitrogen and oxygen atoms in total. The Bertz CT molecular complexity index is 1190. The number of rotatable bonds is 6. The molecule has 2 fully saturated rings. The van der Waals surface area contributed by atoms with Gasteiger partial charge in [0.1, 0.15) is 18.1 Å². The number of halogens is 1. The molecule has 36 heavy (non-hydrogen) atoms. The lowest BCUT2D eigenvalue weighted by molar-refractivity contribution is -0.169. The van der Waals surface area contributed by atoms with Gasteiger partial charge in [0, 0.05) is 0 Å². The first-order valence-electron chi connectivity index (χ1n) is 13.3. The number of ether oxygens (including phenoxy) is 1. The fourth-order valence-electron chi connectivity index (χ4n) is 7.47. The van der Waals surface area contributed by atoms with Crippen LogP contribution in [0.2, 0.25) is 0 Å². The van der Waals surface area contributed by atoms with Crippen LogP contribution in [0.3, 0.4) is 0 Å². The number of allylic oxidation sites excluding steroid dienone is 3. The zero-order valence-corrected chi connectivity index (χ0v) is 21.8. The van der Waals surface area contributed by atoms with E-state index >= 15 is 0 Å². The molecule has 0 spiro atoms. The van der Waals surface area contributed by atoms with Crippen molar-refractivity contribution in [1.29, 1.82) is 0 Å². The van der Waals surface area contributed by atoms with Crippen LogP contribution in [0.5, 0.6) is 0 Å². The molecule has 1 aromatic carbocycles. The summed E-state index contributed by atoms with van der Waals surface area (Å²) in [4.78, 5) is 13.6. The molecule has 0 amide bonds. The van der Waals surface area contributed by atoms with Gasteiger partial charge in [-0.05, 0) is 85.8 Å². The fourth-order valence-corrected chi connectivity index (χ4v) is 7.47. The largest absolute Gasteiger partial charge is 0.459 e. The van der Waals surface area contributed by atoms with Gasteiger partial charge in [0.05, 0.1) is 18.2 Å². The second kappa shape index (κ2) is 9.28. The second-order valence-electron chi connectivity index (χ2n) is 12.1. The molecule has 0 saturated heterocycles. The average Bonchev–Trinajstić information content (AvgIpc) is 3.29. The van der Waals surface area contributed by atoms with Crippen LogP contribution in [-0.4, -0.2) is 21.0 Å². The molecular formula is C30H38FN3O2. The monoisotopic (exact) mass is 491 g/mol. The number of aromatic nitrogens is 3. The van der Waals surface area contributed by atoms with Crippen molar-refractivity contribution in [2.45, 2.75) is 78.9 Å². The predicted molar refractivity (Wildman–Crippen MR) is 137 cm³/mol. The zero-order chi connectivity index (χ0) is 25.6. The van der Waals surface area contributed by atoms with Gasteiger partial charge < -0.3 is 4.74 Å². The molecular weight excluding hydrogens is 453 g/mol. The van der Waals surface area contributed by atoms with E-state index in [1.807, 2.05) is 6.07 Å². The zero-order valence-electron chi connectivity index (χ0n) is 21.8. The van der Waals surface area contributed by atoms with Crippen LogP contribution in [0.4, 0.5) is 4.39 Å². The lowest BCUT2D eigenvalue weighted by Gasteiger charge is -2.58. The van der Waals surface area contributed by atoms with Crippen molar-refractivity contribution >= 4 is 5.97 Å². The standard InChI is InChI=1S/C30H38FN3O2/c1-5-28(2)15-12-25-22(17-28)10-11-26-29(25,3)13-7-14-30(26,4)27(35)36-20-24-19-34(33-32-24)18-21-8-6-9-23(31)16-21/h5-6,8-9,12,16,19,22,26H,1,7,10-11,13-15,17-18,20H2,2-4H3/t22-,26-,28-,29-,30+/m0/s1. The molecule has 192 valence electrons. The highest BCUT2D eigenvalue weighted by molar-refractivity contribution is 5.77. The maximum absolute atomic E-state index is 13.6. The molecule has 0 aliphatic heterocycles. The molecule has 5 atom stereocenters. The number of nitrogens with zero attached hydrogens (tertiary/aromatic N) is 3. The van der Waals surface area contributed by atoms with Crippen LogP contribution in [0.25, 0.3) is 0 Å². The third-order valence-electron chi connectivity index (χ3n) is 9.46. The summed E-state index contributed by atoms with van der Waals surface area (Å²) in [6, 6.07) is 6.43. The molecule has 0 radical (unpaired) electrons. The van der Waals surface area contributed by atoms with Gasteiger partial charge in [0.2, 0.25) is 0 Å². The van der Waals surface area contributed by atoms with Crippen LogP contribution >= 0.6 is 0 Å². The van der Waals surface area contributed by atoms with Crippen molar-refractivity contribution in [1.82, 2.24) is 15.0 Å². The number of benzene rings is 1. The van der Waals surface area contributed by atoms with Crippen LogP contribution in [0, 0.1) is 33.9 Å². The summed E-state index contributed by atoms with van der Waals surface area (Å²) in [5.74, 6) is 0.478. The summed E-state index contributed by atoms with van der Waals surface area (Å²) < 4.78 is 21.0. The van der Waals surface area contributed by atoms with E-state index in [9.17, 15) is 9.18 Å². The van der Waals surface area contributed by atoms with Gasteiger partial charge in [-0.3, -0.25) is 4.79 Å². The third-order valence-corrected chi connectivity index (χ3v) is 9.46. The summed E-state index contributed by atoms with van der Waals surface area (Å²) in [5, 5.41) is 8.30. The molecule has 2 saturated carbocycles. The minimum Gasteiger partial charge on any atom is -0.459 e. The molecule has 3 aliphatic carbocycles. The summed E-state index contributed by atoms with van der Waals surface area (Å²) in [5.41, 5.74) is 2.71. The second-order valence-corrected chi connectivity index (χ2v) is 12.1. The Morgan fingerprint density at radius 1 is 1.28 bits per heavy atom. The van der Waals surface area contributed by atoms with E-state index in [0.29, 0.717) is 18.2 Å². The lowest BCUT2D eigenvalue weighted by atomic mass is 9.46. The molecule has 3 aliphatic rings. The van der Waals surface area contributed by atoms with Crippen molar-refractivity contribution in [2.75, 3.05) is 0 Å². The molecule has 1 aromatic heterocycles. The minimum absolute atomic E-state index is 0.0472. The highest BCUT2D eigenvalue weighted by Crippen LogP contribution is 2.64. The Hall–Kier alpha value is -2.76. The predicted octanol–water partition coefficient (Wildman–Crippen LogP) is 6.64. The van der Waals surface area contributed by atoms with E-state index in [-0.39, 0.29) is 35.1 Å². The van der Waals surface area contributed by atoms with Crippen LogP contribution in [0.1, 0.15) is 77.0 Å². The Morgan fingerprint density at radius 2 is 2.11 bits per heavy atom.